The van der Waals surface area contributed by atoms with Crippen LogP contribution in [0.15, 0.2) is 24.3 Å². The molecule has 1 fully saturated rings. The van der Waals surface area contributed by atoms with Crippen molar-refractivity contribution in [2.45, 2.75) is 57.4 Å². The van der Waals surface area contributed by atoms with E-state index in [1.807, 2.05) is 24.1 Å². The number of rotatable bonds is 5. The van der Waals surface area contributed by atoms with E-state index >= 15 is 0 Å². The molecule has 0 unspecified atom stereocenters. The van der Waals surface area contributed by atoms with Gasteiger partial charge >= 0.3 is 6.03 Å². The van der Waals surface area contributed by atoms with Gasteiger partial charge in [-0.3, -0.25) is 0 Å². The van der Waals surface area contributed by atoms with Crippen LogP contribution in [0.3, 0.4) is 0 Å². The summed E-state index contributed by atoms with van der Waals surface area (Å²) < 4.78 is 1.24. The fourth-order valence-electron chi connectivity index (χ4n) is 3.40. The number of para-hydroxylation sites is 1. The van der Waals surface area contributed by atoms with Crippen molar-refractivity contribution in [3.8, 4) is 0 Å². The quantitative estimate of drug-likeness (QED) is 0.636. The molecule has 5 heteroatoms. The second-order valence-corrected chi connectivity index (χ2v) is 7.78. The largest absolute Gasteiger partial charge is 0.338 e. The number of nitrogens with zero attached hydrogens (tertiary/aromatic N) is 2. The molecule has 2 aromatic rings. The minimum atomic E-state index is 0.0752. The molecule has 1 saturated carbocycles. The van der Waals surface area contributed by atoms with E-state index in [1.54, 1.807) is 11.3 Å². The molecule has 0 radical (unpaired) electrons. The lowest BCUT2D eigenvalue weighted by atomic mass is 10.1. The molecular formula is C19H27N3OS. The van der Waals surface area contributed by atoms with Crippen molar-refractivity contribution in [3.63, 3.8) is 0 Å². The van der Waals surface area contributed by atoms with E-state index in [4.69, 9.17) is 0 Å². The third-order valence-electron chi connectivity index (χ3n) is 4.87. The molecular weight excluding hydrogens is 318 g/mol. The Kier molecular flexibility index (Phi) is 6.07. The van der Waals surface area contributed by atoms with Gasteiger partial charge in [0.25, 0.3) is 0 Å². The van der Waals surface area contributed by atoms with Crippen LogP contribution in [0.4, 0.5) is 4.79 Å². The minimum absolute atomic E-state index is 0.0752. The molecule has 1 aliphatic rings. The summed E-state index contributed by atoms with van der Waals surface area (Å²) in [5.74, 6) is 0. The highest BCUT2D eigenvalue weighted by Crippen LogP contribution is 2.22. The van der Waals surface area contributed by atoms with Crippen LogP contribution in [0.1, 0.15) is 50.0 Å². The Hall–Kier alpha value is -1.62. The molecule has 4 nitrogen and oxygen atoms in total. The smallest absolute Gasteiger partial charge is 0.317 e. The molecule has 1 aromatic heterocycles. The van der Waals surface area contributed by atoms with Crippen LogP contribution < -0.4 is 5.32 Å². The standard InChI is InChI=1S/C19H27N3OS/c1-22(15-9-4-2-3-5-10-15)19(23)20-14-8-13-18-21-16-11-6-7-12-17(16)24-18/h6-7,11-12,15H,2-5,8-10,13-14H2,1H3,(H,20,23). The zero-order valence-corrected chi connectivity index (χ0v) is 15.3. The summed E-state index contributed by atoms with van der Waals surface area (Å²) in [6.07, 6.45) is 9.28. The highest BCUT2D eigenvalue weighted by atomic mass is 32.1. The van der Waals surface area contributed by atoms with Crippen LogP contribution in [0.2, 0.25) is 0 Å². The number of urea groups is 1. The average molecular weight is 346 g/mol. The topological polar surface area (TPSA) is 45.2 Å². The Balaban J connectivity index is 1.41. The van der Waals surface area contributed by atoms with E-state index in [0.29, 0.717) is 12.6 Å². The van der Waals surface area contributed by atoms with Gasteiger partial charge in [-0.15, -0.1) is 11.3 Å². The number of benzene rings is 1. The maximum Gasteiger partial charge on any atom is 0.317 e. The zero-order valence-electron chi connectivity index (χ0n) is 14.5. The summed E-state index contributed by atoms with van der Waals surface area (Å²) in [5.41, 5.74) is 1.08. The lowest BCUT2D eigenvalue weighted by molar-refractivity contribution is 0.184. The molecule has 0 atom stereocenters. The van der Waals surface area contributed by atoms with Gasteiger partial charge in [-0.05, 0) is 31.4 Å². The highest BCUT2D eigenvalue weighted by Gasteiger charge is 2.20. The SMILES string of the molecule is CN(C(=O)NCCCc1nc2ccccc2s1)C1CCCCCC1. The molecule has 1 heterocycles. The van der Waals surface area contributed by atoms with Crippen molar-refractivity contribution in [3.05, 3.63) is 29.3 Å². The summed E-state index contributed by atoms with van der Waals surface area (Å²) >= 11 is 1.75. The molecule has 0 spiro atoms. The fourth-order valence-corrected chi connectivity index (χ4v) is 4.41. The second-order valence-electron chi connectivity index (χ2n) is 6.67. The molecule has 0 bridgehead atoms. The Morgan fingerprint density at radius 1 is 1.25 bits per heavy atom. The molecule has 1 aliphatic carbocycles. The van der Waals surface area contributed by atoms with Crippen LogP contribution in [0.25, 0.3) is 10.2 Å². The van der Waals surface area contributed by atoms with Gasteiger partial charge in [0.15, 0.2) is 0 Å². The number of thiazole rings is 1. The predicted octanol–water partition coefficient (Wildman–Crippen LogP) is 4.59. The first-order valence-corrected chi connectivity index (χ1v) is 9.91. The Morgan fingerprint density at radius 3 is 2.75 bits per heavy atom. The highest BCUT2D eigenvalue weighted by molar-refractivity contribution is 7.18. The molecule has 2 amide bonds. The lowest BCUT2D eigenvalue weighted by Crippen LogP contribution is -2.43. The Bertz CT molecular complexity index is 628. The summed E-state index contributed by atoms with van der Waals surface area (Å²) in [5, 5.41) is 4.22. The first-order valence-electron chi connectivity index (χ1n) is 9.09. The molecule has 3 rings (SSSR count). The molecule has 130 valence electrons. The van der Waals surface area contributed by atoms with E-state index in [1.165, 1.54) is 30.4 Å². The number of aromatic nitrogens is 1. The van der Waals surface area contributed by atoms with Crippen molar-refractivity contribution >= 4 is 27.6 Å². The zero-order chi connectivity index (χ0) is 16.8. The molecule has 1 N–H and O–H groups in total. The summed E-state index contributed by atoms with van der Waals surface area (Å²) in [7, 11) is 1.94. The number of carbonyl (C=O) groups is 1. The van der Waals surface area contributed by atoms with E-state index in [2.05, 4.69) is 22.4 Å². The number of hydrogen-bond acceptors (Lipinski definition) is 3. The second kappa shape index (κ2) is 8.47. The number of aryl methyl sites for hydroxylation is 1. The van der Waals surface area contributed by atoms with Crippen LogP contribution in [-0.4, -0.2) is 35.5 Å². The van der Waals surface area contributed by atoms with Gasteiger partial charge in [-0.1, -0.05) is 37.8 Å². The van der Waals surface area contributed by atoms with Crippen molar-refractivity contribution in [1.82, 2.24) is 15.2 Å². The Labute approximate surface area is 148 Å². The lowest BCUT2D eigenvalue weighted by Gasteiger charge is -2.27. The van der Waals surface area contributed by atoms with Gasteiger partial charge in [0, 0.05) is 26.1 Å². The maximum absolute atomic E-state index is 12.3. The number of amides is 2. The van der Waals surface area contributed by atoms with E-state index < -0.39 is 0 Å². The van der Waals surface area contributed by atoms with Crippen molar-refractivity contribution in [1.29, 1.82) is 0 Å². The van der Waals surface area contributed by atoms with Gasteiger partial charge in [0.1, 0.15) is 0 Å². The van der Waals surface area contributed by atoms with E-state index in [-0.39, 0.29) is 6.03 Å². The Morgan fingerprint density at radius 2 is 2.00 bits per heavy atom. The third-order valence-corrected chi connectivity index (χ3v) is 5.97. The van der Waals surface area contributed by atoms with Gasteiger partial charge in [-0.25, -0.2) is 9.78 Å². The first-order chi connectivity index (χ1) is 11.7. The van der Waals surface area contributed by atoms with Crippen LogP contribution in [-0.2, 0) is 6.42 Å². The number of nitrogens with one attached hydrogen (secondary N) is 1. The normalized spacial score (nSPS) is 16.0. The van der Waals surface area contributed by atoms with Crippen LogP contribution in [0, 0.1) is 0 Å². The van der Waals surface area contributed by atoms with Gasteiger partial charge in [0.05, 0.1) is 15.2 Å². The summed E-state index contributed by atoms with van der Waals surface area (Å²) in [4.78, 5) is 18.9. The molecule has 0 saturated heterocycles. The monoisotopic (exact) mass is 345 g/mol. The van der Waals surface area contributed by atoms with Crippen molar-refractivity contribution in [2.24, 2.45) is 0 Å². The number of hydrogen-bond donors (Lipinski definition) is 1. The summed E-state index contributed by atoms with van der Waals surface area (Å²) in [6.45, 7) is 0.714. The van der Waals surface area contributed by atoms with E-state index in [9.17, 15) is 4.79 Å². The number of fused-ring (bicyclic) bond motifs is 1. The van der Waals surface area contributed by atoms with Crippen molar-refractivity contribution in [2.75, 3.05) is 13.6 Å². The average Bonchev–Trinajstić information content (AvgIpc) is 2.82. The minimum Gasteiger partial charge on any atom is -0.338 e. The van der Waals surface area contributed by atoms with Gasteiger partial charge in [-0.2, -0.15) is 0 Å². The van der Waals surface area contributed by atoms with Crippen LogP contribution >= 0.6 is 11.3 Å². The maximum atomic E-state index is 12.3. The summed E-state index contributed by atoms with van der Waals surface area (Å²) in [6, 6.07) is 8.73. The van der Waals surface area contributed by atoms with Crippen LogP contribution in [0.5, 0.6) is 0 Å². The van der Waals surface area contributed by atoms with Crippen molar-refractivity contribution < 1.29 is 4.79 Å². The molecule has 0 aliphatic heterocycles. The molecule has 1 aromatic carbocycles. The van der Waals surface area contributed by atoms with Gasteiger partial charge in [0.2, 0.25) is 0 Å². The van der Waals surface area contributed by atoms with E-state index in [0.717, 1.165) is 36.2 Å². The fraction of sp³-hybridized carbons (Fsp3) is 0.579. The number of carbonyl (C=O) groups excluding carboxylic acids is 1. The third kappa shape index (κ3) is 4.47. The van der Waals surface area contributed by atoms with Gasteiger partial charge < -0.3 is 10.2 Å². The first kappa shape index (κ1) is 17.2. The molecule has 24 heavy (non-hydrogen) atoms. The predicted molar refractivity (Wildman–Crippen MR) is 101 cm³/mol.